The van der Waals surface area contributed by atoms with E-state index in [2.05, 4.69) is 15.7 Å². The second-order valence-corrected chi connectivity index (χ2v) is 3.97. The van der Waals surface area contributed by atoms with Gasteiger partial charge >= 0.3 is 0 Å². The molecule has 2 rings (SSSR count). The predicted molar refractivity (Wildman–Crippen MR) is 63.4 cm³/mol. The summed E-state index contributed by atoms with van der Waals surface area (Å²) in [5.41, 5.74) is 1.03. The minimum absolute atomic E-state index is 0. The smallest absolute Gasteiger partial charge is 0.237 e. The summed E-state index contributed by atoms with van der Waals surface area (Å²) in [5.74, 6) is 0.0811. The highest BCUT2D eigenvalue weighted by Gasteiger charge is 2.25. The highest BCUT2D eigenvalue weighted by atomic mass is 35.5. The topological polar surface area (TPSA) is 59.0 Å². The van der Waals surface area contributed by atoms with E-state index in [0.29, 0.717) is 0 Å². The third-order valence-electron chi connectivity index (χ3n) is 2.72. The minimum Gasteiger partial charge on any atom is -0.348 e. The van der Waals surface area contributed by atoms with E-state index in [-0.39, 0.29) is 30.4 Å². The Bertz CT molecular complexity index is 361. The fraction of sp³-hybridized carbons (Fsp3) is 0.600. The van der Waals surface area contributed by atoms with Gasteiger partial charge in [0.05, 0.1) is 18.3 Å². The first-order valence-corrected chi connectivity index (χ1v) is 5.19. The fourth-order valence-corrected chi connectivity index (χ4v) is 1.57. The average molecular weight is 245 g/mol. The lowest BCUT2D eigenvalue weighted by Gasteiger charge is -2.27. The molecule has 1 aromatic heterocycles. The Balaban J connectivity index is 0.00000128. The number of nitrogens with zero attached hydrogens (tertiary/aromatic N) is 2. The van der Waals surface area contributed by atoms with Crippen LogP contribution in [-0.4, -0.2) is 28.3 Å². The molecule has 0 aliphatic carbocycles. The van der Waals surface area contributed by atoms with Crippen molar-refractivity contribution in [2.75, 3.05) is 6.54 Å². The molecule has 5 nitrogen and oxygen atoms in total. The molecule has 2 N–H and O–H groups in total. The number of aryl methyl sites for hydroxylation is 1. The van der Waals surface area contributed by atoms with E-state index in [0.717, 1.165) is 18.5 Å². The summed E-state index contributed by atoms with van der Waals surface area (Å²) in [4.78, 5) is 11.6. The normalized spacial score (nSPS) is 20.5. The second-order valence-electron chi connectivity index (χ2n) is 3.97. The summed E-state index contributed by atoms with van der Waals surface area (Å²) in [5, 5.41) is 10.1. The molecule has 1 aromatic rings. The molecular weight excluding hydrogens is 228 g/mol. The van der Waals surface area contributed by atoms with Crippen LogP contribution in [0.5, 0.6) is 0 Å². The molecule has 16 heavy (non-hydrogen) atoms. The molecule has 1 aliphatic heterocycles. The number of halogens is 1. The van der Waals surface area contributed by atoms with E-state index >= 15 is 0 Å². The lowest BCUT2D eigenvalue weighted by Crippen LogP contribution is -2.53. The van der Waals surface area contributed by atoms with Crippen LogP contribution in [0.4, 0.5) is 0 Å². The van der Waals surface area contributed by atoms with E-state index in [1.165, 1.54) is 0 Å². The third kappa shape index (κ3) is 2.74. The van der Waals surface area contributed by atoms with Crippen molar-refractivity contribution in [3.8, 4) is 0 Å². The standard InChI is InChI=1S/C10H16N4O.ClH/c1-7(8-5-12-14(2)6-8)13-10(15)9-3-4-11-9;/h5-7,9,11H,3-4H2,1-2H3,(H,13,15);1H/t7?,9-;/m1./s1. The number of aromatic nitrogens is 2. The minimum atomic E-state index is 0. The van der Waals surface area contributed by atoms with Crippen LogP contribution in [0.15, 0.2) is 12.4 Å². The first-order chi connectivity index (χ1) is 7.16. The molecule has 1 unspecified atom stereocenters. The van der Waals surface area contributed by atoms with Gasteiger partial charge < -0.3 is 10.6 Å². The Kier molecular flexibility index (Phi) is 4.32. The van der Waals surface area contributed by atoms with Gasteiger partial charge in [-0.15, -0.1) is 12.4 Å². The van der Waals surface area contributed by atoms with Crippen LogP contribution >= 0.6 is 12.4 Å². The number of carbonyl (C=O) groups is 1. The summed E-state index contributed by atoms with van der Waals surface area (Å²) in [6.07, 6.45) is 4.63. The van der Waals surface area contributed by atoms with E-state index in [1.807, 2.05) is 20.2 Å². The monoisotopic (exact) mass is 244 g/mol. The zero-order valence-electron chi connectivity index (χ0n) is 9.43. The molecule has 90 valence electrons. The zero-order valence-corrected chi connectivity index (χ0v) is 10.3. The molecule has 2 heterocycles. The SMILES string of the molecule is CC(NC(=O)[C@H]1CCN1)c1cnn(C)c1.Cl. The number of nitrogens with one attached hydrogen (secondary N) is 2. The van der Waals surface area contributed by atoms with E-state index in [9.17, 15) is 4.79 Å². The molecule has 0 bridgehead atoms. The van der Waals surface area contributed by atoms with E-state index in [1.54, 1.807) is 10.9 Å². The van der Waals surface area contributed by atoms with Gasteiger partial charge in [-0.25, -0.2) is 0 Å². The van der Waals surface area contributed by atoms with E-state index < -0.39 is 0 Å². The van der Waals surface area contributed by atoms with Crippen LogP contribution in [0.25, 0.3) is 0 Å². The molecular formula is C10H17ClN4O. The van der Waals surface area contributed by atoms with Gasteiger partial charge in [-0.3, -0.25) is 9.48 Å². The fourth-order valence-electron chi connectivity index (χ4n) is 1.57. The summed E-state index contributed by atoms with van der Waals surface area (Å²) in [7, 11) is 1.87. The number of hydrogen-bond donors (Lipinski definition) is 2. The highest BCUT2D eigenvalue weighted by Crippen LogP contribution is 2.11. The molecule has 1 saturated heterocycles. The largest absolute Gasteiger partial charge is 0.348 e. The first kappa shape index (κ1) is 13.0. The van der Waals surface area contributed by atoms with Crippen molar-refractivity contribution in [2.45, 2.75) is 25.4 Å². The lowest BCUT2D eigenvalue weighted by atomic mass is 10.1. The predicted octanol–water partition coefficient (Wildman–Crippen LogP) is 0.381. The maximum absolute atomic E-state index is 11.6. The Morgan fingerprint density at radius 3 is 2.88 bits per heavy atom. The Hall–Kier alpha value is -1.07. The Morgan fingerprint density at radius 1 is 1.75 bits per heavy atom. The van der Waals surface area contributed by atoms with Crippen molar-refractivity contribution < 1.29 is 4.79 Å². The van der Waals surface area contributed by atoms with Gasteiger partial charge in [-0.2, -0.15) is 5.10 Å². The molecule has 1 fully saturated rings. The average Bonchev–Trinajstić information content (AvgIpc) is 2.48. The molecule has 0 spiro atoms. The van der Waals surface area contributed by atoms with Gasteiger partial charge in [0.2, 0.25) is 5.91 Å². The number of hydrogen-bond acceptors (Lipinski definition) is 3. The summed E-state index contributed by atoms with van der Waals surface area (Å²) in [6, 6.07) is 0.0257. The Labute approximate surface area is 101 Å². The van der Waals surface area contributed by atoms with Gasteiger partial charge in [-0.05, 0) is 19.9 Å². The van der Waals surface area contributed by atoms with Crippen LogP contribution in [-0.2, 0) is 11.8 Å². The van der Waals surface area contributed by atoms with Crippen molar-refractivity contribution >= 4 is 18.3 Å². The maximum atomic E-state index is 11.6. The van der Waals surface area contributed by atoms with Crippen molar-refractivity contribution in [2.24, 2.45) is 7.05 Å². The van der Waals surface area contributed by atoms with Crippen molar-refractivity contribution in [1.29, 1.82) is 0 Å². The molecule has 6 heteroatoms. The van der Waals surface area contributed by atoms with Crippen LogP contribution < -0.4 is 10.6 Å². The van der Waals surface area contributed by atoms with Crippen molar-refractivity contribution in [1.82, 2.24) is 20.4 Å². The van der Waals surface area contributed by atoms with Crippen molar-refractivity contribution in [3.05, 3.63) is 18.0 Å². The maximum Gasteiger partial charge on any atom is 0.237 e. The van der Waals surface area contributed by atoms with Crippen LogP contribution in [0.2, 0.25) is 0 Å². The van der Waals surface area contributed by atoms with Crippen LogP contribution in [0.1, 0.15) is 24.9 Å². The number of carbonyl (C=O) groups excluding carboxylic acids is 1. The number of rotatable bonds is 3. The molecule has 0 aromatic carbocycles. The summed E-state index contributed by atoms with van der Waals surface area (Å²) < 4.78 is 1.74. The second kappa shape index (κ2) is 5.32. The zero-order chi connectivity index (χ0) is 10.8. The van der Waals surface area contributed by atoms with E-state index in [4.69, 9.17) is 0 Å². The summed E-state index contributed by atoms with van der Waals surface area (Å²) in [6.45, 7) is 2.91. The third-order valence-corrected chi connectivity index (χ3v) is 2.72. The quantitative estimate of drug-likeness (QED) is 0.808. The molecule has 0 radical (unpaired) electrons. The summed E-state index contributed by atoms with van der Waals surface area (Å²) >= 11 is 0. The lowest BCUT2D eigenvalue weighted by molar-refractivity contribution is -0.125. The van der Waals surface area contributed by atoms with Crippen molar-refractivity contribution in [3.63, 3.8) is 0 Å². The Morgan fingerprint density at radius 2 is 2.44 bits per heavy atom. The van der Waals surface area contributed by atoms with Crippen LogP contribution in [0.3, 0.4) is 0 Å². The van der Waals surface area contributed by atoms with Gasteiger partial charge in [0.1, 0.15) is 0 Å². The van der Waals surface area contributed by atoms with Gasteiger partial charge in [0.25, 0.3) is 0 Å². The molecule has 0 saturated carbocycles. The number of amides is 1. The van der Waals surface area contributed by atoms with Crippen LogP contribution in [0, 0.1) is 0 Å². The first-order valence-electron chi connectivity index (χ1n) is 5.19. The molecule has 2 atom stereocenters. The molecule has 1 amide bonds. The molecule has 1 aliphatic rings. The van der Waals surface area contributed by atoms with Gasteiger partial charge in [0.15, 0.2) is 0 Å². The van der Waals surface area contributed by atoms with Gasteiger partial charge in [-0.1, -0.05) is 0 Å². The van der Waals surface area contributed by atoms with Gasteiger partial charge in [0, 0.05) is 18.8 Å². The highest BCUT2D eigenvalue weighted by molar-refractivity contribution is 5.85.